The molecule has 1 aromatic carbocycles. The Labute approximate surface area is 125 Å². The van der Waals surface area contributed by atoms with Crippen molar-refractivity contribution in [1.29, 1.82) is 0 Å². The number of nitrogens with one attached hydrogen (secondary N) is 2. The summed E-state index contributed by atoms with van der Waals surface area (Å²) in [6, 6.07) is 7.42. The summed E-state index contributed by atoms with van der Waals surface area (Å²) in [5.74, 6) is -0.175. The smallest absolute Gasteiger partial charge is 0.250 e. The second-order valence-corrected chi connectivity index (χ2v) is 5.72. The first-order valence-electron chi connectivity index (χ1n) is 5.90. The van der Waals surface area contributed by atoms with Crippen molar-refractivity contribution in [1.82, 2.24) is 4.98 Å². The minimum absolute atomic E-state index is 0.0464. The molecule has 0 aliphatic carbocycles. The molecule has 0 spiro atoms. The van der Waals surface area contributed by atoms with E-state index in [0.717, 1.165) is 16.4 Å². The molecule has 0 aliphatic heterocycles. The van der Waals surface area contributed by atoms with Crippen LogP contribution in [0.1, 0.15) is 5.01 Å². The molecule has 0 fully saturated rings. The van der Waals surface area contributed by atoms with Crippen molar-refractivity contribution in [3.05, 3.63) is 39.8 Å². The molecule has 20 heavy (non-hydrogen) atoms. The number of thiazole rings is 1. The highest BCUT2D eigenvalue weighted by atomic mass is 35.5. The van der Waals surface area contributed by atoms with Crippen molar-refractivity contribution in [2.75, 3.05) is 24.4 Å². The molecule has 0 atom stereocenters. The van der Waals surface area contributed by atoms with Crippen molar-refractivity contribution in [2.24, 2.45) is 0 Å². The van der Waals surface area contributed by atoms with Crippen LogP contribution in [0.5, 0.6) is 0 Å². The number of methoxy groups -OCH3 is 1. The Bertz CT molecular complexity index is 571. The van der Waals surface area contributed by atoms with Crippen molar-refractivity contribution < 1.29 is 9.53 Å². The lowest BCUT2D eigenvalue weighted by Crippen LogP contribution is -2.16. The first-order valence-corrected chi connectivity index (χ1v) is 7.10. The molecule has 0 unspecified atom stereocenters. The molecule has 5 nitrogen and oxygen atoms in total. The van der Waals surface area contributed by atoms with E-state index in [-0.39, 0.29) is 12.5 Å². The maximum Gasteiger partial charge on any atom is 0.250 e. The molecule has 2 aromatic rings. The number of carbonyl (C=O) groups excluding carboxylic acids is 1. The zero-order valence-electron chi connectivity index (χ0n) is 10.9. The van der Waals surface area contributed by atoms with E-state index >= 15 is 0 Å². The molecular weight excluding hydrogens is 298 g/mol. The Morgan fingerprint density at radius 1 is 1.35 bits per heavy atom. The number of nitrogens with zero attached hydrogens (tertiary/aromatic N) is 1. The molecule has 0 aliphatic rings. The van der Waals surface area contributed by atoms with Crippen molar-refractivity contribution in [2.45, 2.75) is 6.54 Å². The van der Waals surface area contributed by atoms with Crippen LogP contribution in [0.3, 0.4) is 0 Å². The van der Waals surface area contributed by atoms with Gasteiger partial charge in [-0.2, -0.15) is 0 Å². The third-order valence-electron chi connectivity index (χ3n) is 2.41. The van der Waals surface area contributed by atoms with E-state index < -0.39 is 0 Å². The summed E-state index contributed by atoms with van der Waals surface area (Å²) < 4.78 is 5.43. The predicted molar refractivity (Wildman–Crippen MR) is 81.4 cm³/mol. The number of aromatic nitrogens is 1. The Hall–Kier alpha value is -1.63. The summed E-state index contributed by atoms with van der Waals surface area (Å²) in [5, 5.41) is 6.88. The van der Waals surface area contributed by atoms with Gasteiger partial charge in [-0.1, -0.05) is 11.6 Å². The van der Waals surface area contributed by atoms with Crippen LogP contribution in [0.15, 0.2) is 30.5 Å². The number of hydrogen-bond acceptors (Lipinski definition) is 5. The minimum Gasteiger partial charge on any atom is -0.379 e. The van der Waals surface area contributed by atoms with E-state index in [1.807, 2.05) is 24.3 Å². The number of rotatable bonds is 6. The predicted octanol–water partition coefficient (Wildman–Crippen LogP) is 2.99. The van der Waals surface area contributed by atoms with Gasteiger partial charge in [0.2, 0.25) is 5.91 Å². The summed E-state index contributed by atoms with van der Waals surface area (Å²) >= 11 is 7.26. The van der Waals surface area contributed by atoms with Crippen LogP contribution in [-0.2, 0) is 16.1 Å². The van der Waals surface area contributed by atoms with E-state index in [9.17, 15) is 4.79 Å². The molecule has 0 radical (unpaired) electrons. The van der Waals surface area contributed by atoms with Gasteiger partial charge in [-0.25, -0.2) is 4.98 Å². The van der Waals surface area contributed by atoms with Gasteiger partial charge in [0.05, 0.1) is 12.7 Å². The largest absolute Gasteiger partial charge is 0.379 e. The summed E-state index contributed by atoms with van der Waals surface area (Å²) in [6.45, 7) is 0.664. The van der Waals surface area contributed by atoms with Crippen LogP contribution in [0.2, 0.25) is 4.34 Å². The van der Waals surface area contributed by atoms with Crippen LogP contribution in [0.4, 0.5) is 11.4 Å². The van der Waals surface area contributed by atoms with Crippen molar-refractivity contribution in [3.63, 3.8) is 0 Å². The molecule has 2 N–H and O–H groups in total. The molecular formula is C13H14ClN3O2S. The van der Waals surface area contributed by atoms with Gasteiger partial charge in [0.15, 0.2) is 0 Å². The standard InChI is InChI=1S/C13H14ClN3O2S/c1-19-8-12(18)17-10-4-2-9(3-5-10)15-7-13-16-6-11(14)20-13/h2-6,15H,7-8H2,1H3,(H,17,18). The highest BCUT2D eigenvalue weighted by Gasteiger charge is 2.02. The Morgan fingerprint density at radius 2 is 2.05 bits per heavy atom. The van der Waals surface area contributed by atoms with Crippen LogP contribution < -0.4 is 10.6 Å². The van der Waals surface area contributed by atoms with E-state index in [4.69, 9.17) is 16.3 Å². The number of anilines is 2. The topological polar surface area (TPSA) is 63.2 Å². The van der Waals surface area contributed by atoms with Gasteiger partial charge >= 0.3 is 0 Å². The zero-order chi connectivity index (χ0) is 14.4. The second kappa shape index (κ2) is 7.23. The SMILES string of the molecule is COCC(=O)Nc1ccc(NCc2ncc(Cl)s2)cc1. The number of halogens is 1. The third kappa shape index (κ3) is 4.48. The summed E-state index contributed by atoms with van der Waals surface area (Å²) in [4.78, 5) is 15.5. The molecule has 1 aromatic heterocycles. The van der Waals surface area contributed by atoms with Crippen LogP contribution in [0.25, 0.3) is 0 Å². The average Bonchev–Trinajstić information content (AvgIpc) is 2.84. The van der Waals surface area contributed by atoms with Crippen molar-refractivity contribution >= 4 is 40.2 Å². The lowest BCUT2D eigenvalue weighted by atomic mass is 10.2. The number of ether oxygens (including phenoxy) is 1. The third-order valence-corrected chi connectivity index (χ3v) is 3.53. The van der Waals surface area contributed by atoms with Gasteiger partial charge in [-0.3, -0.25) is 4.79 Å². The summed E-state index contributed by atoms with van der Waals surface area (Å²) in [5.41, 5.74) is 1.68. The Kier molecular flexibility index (Phi) is 5.34. The van der Waals surface area contributed by atoms with E-state index in [1.54, 1.807) is 6.20 Å². The molecule has 0 bridgehead atoms. The number of amides is 1. The first-order chi connectivity index (χ1) is 9.67. The maximum absolute atomic E-state index is 11.3. The van der Waals surface area contributed by atoms with Crippen LogP contribution in [-0.4, -0.2) is 24.6 Å². The van der Waals surface area contributed by atoms with Gasteiger partial charge < -0.3 is 15.4 Å². The number of hydrogen-bond donors (Lipinski definition) is 2. The quantitative estimate of drug-likeness (QED) is 0.861. The highest BCUT2D eigenvalue weighted by molar-refractivity contribution is 7.15. The summed E-state index contributed by atoms with van der Waals surface area (Å²) in [6.07, 6.45) is 1.64. The zero-order valence-corrected chi connectivity index (χ0v) is 12.4. The number of benzene rings is 1. The highest BCUT2D eigenvalue weighted by Crippen LogP contribution is 2.20. The van der Waals surface area contributed by atoms with Gasteiger partial charge in [0.25, 0.3) is 0 Å². The fourth-order valence-corrected chi connectivity index (χ4v) is 2.44. The molecule has 0 saturated carbocycles. The van der Waals surface area contributed by atoms with E-state index in [1.165, 1.54) is 18.4 Å². The minimum atomic E-state index is -0.175. The fraction of sp³-hybridized carbons (Fsp3) is 0.231. The molecule has 1 heterocycles. The lowest BCUT2D eigenvalue weighted by Gasteiger charge is -2.07. The van der Waals surface area contributed by atoms with Gasteiger partial charge in [0, 0.05) is 18.5 Å². The fourth-order valence-electron chi connectivity index (χ4n) is 1.55. The Balaban J connectivity index is 1.86. The number of carbonyl (C=O) groups is 1. The maximum atomic E-state index is 11.3. The molecule has 2 rings (SSSR count). The van der Waals surface area contributed by atoms with Crippen LogP contribution in [0, 0.1) is 0 Å². The van der Waals surface area contributed by atoms with Gasteiger partial charge in [-0.05, 0) is 24.3 Å². The van der Waals surface area contributed by atoms with E-state index in [0.29, 0.717) is 10.9 Å². The lowest BCUT2D eigenvalue weighted by molar-refractivity contribution is -0.119. The Morgan fingerprint density at radius 3 is 2.65 bits per heavy atom. The monoisotopic (exact) mass is 311 g/mol. The van der Waals surface area contributed by atoms with Crippen LogP contribution >= 0.6 is 22.9 Å². The van der Waals surface area contributed by atoms with Gasteiger partial charge in [0.1, 0.15) is 16.0 Å². The summed E-state index contributed by atoms with van der Waals surface area (Å²) in [7, 11) is 1.48. The average molecular weight is 312 g/mol. The molecule has 106 valence electrons. The molecule has 1 amide bonds. The van der Waals surface area contributed by atoms with Gasteiger partial charge in [-0.15, -0.1) is 11.3 Å². The van der Waals surface area contributed by atoms with Crippen molar-refractivity contribution in [3.8, 4) is 0 Å². The first kappa shape index (κ1) is 14.8. The molecule has 0 saturated heterocycles. The second-order valence-electron chi connectivity index (χ2n) is 3.97. The van der Waals surface area contributed by atoms with E-state index in [2.05, 4.69) is 15.6 Å². The normalized spacial score (nSPS) is 10.3. The molecule has 7 heteroatoms.